The zero-order valence-corrected chi connectivity index (χ0v) is 21.0. The van der Waals surface area contributed by atoms with E-state index in [0.29, 0.717) is 30.0 Å². The van der Waals surface area contributed by atoms with Crippen molar-refractivity contribution in [3.8, 4) is 5.75 Å². The SMILES string of the molecule is CCc1ccc(OCCCC(=O)Nc2ccc(S(=O)(=O)Nc3onc(C)c3C)cc2)c(Br)c1. The van der Waals surface area contributed by atoms with Crippen molar-refractivity contribution in [1.82, 2.24) is 5.16 Å². The summed E-state index contributed by atoms with van der Waals surface area (Å²) in [5, 5.41) is 6.50. The van der Waals surface area contributed by atoms with Crippen LogP contribution in [0.3, 0.4) is 0 Å². The van der Waals surface area contributed by atoms with Gasteiger partial charge >= 0.3 is 0 Å². The Bertz CT molecular complexity index is 1220. The molecule has 0 bridgehead atoms. The van der Waals surface area contributed by atoms with E-state index in [-0.39, 0.29) is 23.1 Å². The standard InChI is InChI=1S/C23H26BrN3O5S/c1-4-17-7-12-21(20(24)14-17)31-13-5-6-22(28)25-18-8-10-19(11-9-18)33(29,30)27-23-15(2)16(3)26-32-23/h7-12,14,27H,4-6,13H2,1-3H3,(H,25,28). The molecule has 0 saturated heterocycles. The average molecular weight is 536 g/mol. The van der Waals surface area contributed by atoms with Crippen LogP contribution in [0.25, 0.3) is 0 Å². The maximum absolute atomic E-state index is 12.5. The van der Waals surface area contributed by atoms with Crippen LogP contribution in [0.2, 0.25) is 0 Å². The predicted octanol–water partition coefficient (Wildman–Crippen LogP) is 5.21. The molecule has 0 aliphatic heterocycles. The molecule has 0 aliphatic carbocycles. The van der Waals surface area contributed by atoms with Gasteiger partial charge in [-0.05, 0) is 84.6 Å². The van der Waals surface area contributed by atoms with Crippen LogP contribution < -0.4 is 14.8 Å². The van der Waals surface area contributed by atoms with Crippen LogP contribution in [0.15, 0.2) is 56.4 Å². The maximum atomic E-state index is 12.5. The van der Waals surface area contributed by atoms with Gasteiger partial charge in [0.05, 0.1) is 21.7 Å². The lowest BCUT2D eigenvalue weighted by Gasteiger charge is -2.10. The second-order valence-corrected chi connectivity index (χ2v) is 10.0. The molecule has 0 atom stereocenters. The van der Waals surface area contributed by atoms with Gasteiger partial charge in [-0.1, -0.05) is 18.1 Å². The summed E-state index contributed by atoms with van der Waals surface area (Å²) in [6.45, 7) is 5.93. The molecule has 0 unspecified atom stereocenters. The van der Waals surface area contributed by atoms with E-state index in [1.54, 1.807) is 13.8 Å². The number of halogens is 1. The second-order valence-electron chi connectivity index (χ2n) is 7.47. The molecule has 0 radical (unpaired) electrons. The first kappa shape index (κ1) is 24.8. The highest BCUT2D eigenvalue weighted by Gasteiger charge is 2.19. The van der Waals surface area contributed by atoms with E-state index in [2.05, 4.69) is 38.0 Å². The molecule has 1 heterocycles. The summed E-state index contributed by atoms with van der Waals surface area (Å²) < 4.78 is 39.1. The molecule has 0 saturated carbocycles. The molecule has 3 rings (SSSR count). The molecule has 0 aliphatic rings. The van der Waals surface area contributed by atoms with E-state index in [0.717, 1.165) is 16.6 Å². The highest BCUT2D eigenvalue weighted by Crippen LogP contribution is 2.26. The van der Waals surface area contributed by atoms with Crippen LogP contribution in [-0.4, -0.2) is 26.1 Å². The summed E-state index contributed by atoms with van der Waals surface area (Å²) in [4.78, 5) is 12.3. The number of anilines is 2. The number of ether oxygens (including phenoxy) is 1. The molecule has 3 aromatic rings. The van der Waals surface area contributed by atoms with Gasteiger partial charge in [0.15, 0.2) is 0 Å². The number of carbonyl (C=O) groups excluding carboxylic acids is 1. The molecular formula is C23H26BrN3O5S. The first-order chi connectivity index (χ1) is 15.7. The van der Waals surface area contributed by atoms with Crippen molar-refractivity contribution in [2.45, 2.75) is 44.9 Å². The van der Waals surface area contributed by atoms with Crippen molar-refractivity contribution in [2.24, 2.45) is 0 Å². The van der Waals surface area contributed by atoms with Crippen LogP contribution >= 0.6 is 15.9 Å². The first-order valence-corrected chi connectivity index (χ1v) is 12.7. The van der Waals surface area contributed by atoms with E-state index in [1.165, 1.54) is 29.8 Å². The third-order valence-corrected chi connectivity index (χ3v) is 7.01. The normalized spacial score (nSPS) is 11.3. The number of nitrogens with one attached hydrogen (secondary N) is 2. The van der Waals surface area contributed by atoms with Gasteiger partial charge in [-0.15, -0.1) is 0 Å². The predicted molar refractivity (Wildman–Crippen MR) is 130 cm³/mol. The minimum atomic E-state index is -3.84. The van der Waals surface area contributed by atoms with Crippen LogP contribution in [0.4, 0.5) is 11.6 Å². The molecule has 2 aromatic carbocycles. The van der Waals surface area contributed by atoms with E-state index in [1.807, 2.05) is 18.2 Å². The molecule has 10 heteroatoms. The Morgan fingerprint density at radius 2 is 1.88 bits per heavy atom. The lowest BCUT2D eigenvalue weighted by molar-refractivity contribution is -0.116. The molecule has 0 spiro atoms. The number of hydrogen-bond donors (Lipinski definition) is 2. The fourth-order valence-electron chi connectivity index (χ4n) is 2.93. The number of hydrogen-bond acceptors (Lipinski definition) is 6. The van der Waals surface area contributed by atoms with Gasteiger partial charge in [0.2, 0.25) is 11.8 Å². The van der Waals surface area contributed by atoms with Gasteiger partial charge < -0.3 is 14.6 Å². The van der Waals surface area contributed by atoms with Gasteiger partial charge in [-0.3, -0.25) is 4.79 Å². The first-order valence-electron chi connectivity index (χ1n) is 10.5. The summed E-state index contributed by atoms with van der Waals surface area (Å²) >= 11 is 3.50. The summed E-state index contributed by atoms with van der Waals surface area (Å²) in [7, 11) is -3.84. The van der Waals surface area contributed by atoms with Crippen LogP contribution in [0, 0.1) is 13.8 Å². The Morgan fingerprint density at radius 1 is 1.15 bits per heavy atom. The average Bonchev–Trinajstić information content (AvgIpc) is 3.09. The zero-order valence-electron chi connectivity index (χ0n) is 18.6. The summed E-state index contributed by atoms with van der Waals surface area (Å²) in [6.07, 6.45) is 1.76. The van der Waals surface area contributed by atoms with Crippen LogP contribution in [-0.2, 0) is 21.2 Å². The number of aryl methyl sites for hydroxylation is 2. The molecule has 1 amide bonds. The number of nitrogens with zero attached hydrogens (tertiary/aromatic N) is 1. The van der Waals surface area contributed by atoms with Crippen molar-refractivity contribution >= 4 is 43.4 Å². The lowest BCUT2D eigenvalue weighted by Crippen LogP contribution is -2.14. The third kappa shape index (κ3) is 6.58. The van der Waals surface area contributed by atoms with Crippen molar-refractivity contribution in [1.29, 1.82) is 0 Å². The fourth-order valence-corrected chi connectivity index (χ4v) is 4.52. The third-order valence-electron chi connectivity index (χ3n) is 5.04. The Labute approximate surface area is 201 Å². The molecule has 33 heavy (non-hydrogen) atoms. The highest BCUT2D eigenvalue weighted by molar-refractivity contribution is 9.10. The number of rotatable bonds is 10. The Kier molecular flexibility index (Phi) is 8.15. The molecule has 0 fully saturated rings. The Hall–Kier alpha value is -2.85. The summed E-state index contributed by atoms with van der Waals surface area (Å²) in [6, 6.07) is 11.9. The maximum Gasteiger partial charge on any atom is 0.264 e. The highest BCUT2D eigenvalue weighted by atomic mass is 79.9. The van der Waals surface area contributed by atoms with E-state index >= 15 is 0 Å². The second kappa shape index (κ2) is 10.8. The monoisotopic (exact) mass is 535 g/mol. The van der Waals surface area contributed by atoms with Crippen molar-refractivity contribution < 1.29 is 22.5 Å². The molecule has 176 valence electrons. The Balaban J connectivity index is 1.48. The van der Waals surface area contributed by atoms with E-state index in [4.69, 9.17) is 9.26 Å². The number of benzene rings is 2. The van der Waals surface area contributed by atoms with Gasteiger partial charge in [0, 0.05) is 17.7 Å². The largest absolute Gasteiger partial charge is 0.492 e. The quantitative estimate of drug-likeness (QED) is 0.344. The van der Waals surface area contributed by atoms with Gasteiger partial charge in [-0.25, -0.2) is 13.1 Å². The van der Waals surface area contributed by atoms with Crippen LogP contribution in [0.5, 0.6) is 5.75 Å². The van der Waals surface area contributed by atoms with Crippen molar-refractivity contribution in [2.75, 3.05) is 16.6 Å². The minimum Gasteiger partial charge on any atom is -0.492 e. The van der Waals surface area contributed by atoms with Gasteiger partial charge in [-0.2, -0.15) is 0 Å². The topological polar surface area (TPSA) is 111 Å². The van der Waals surface area contributed by atoms with Gasteiger partial charge in [0.1, 0.15) is 5.75 Å². The summed E-state index contributed by atoms with van der Waals surface area (Å²) in [5.74, 6) is 0.648. The molecule has 8 nitrogen and oxygen atoms in total. The van der Waals surface area contributed by atoms with Crippen LogP contribution in [0.1, 0.15) is 36.6 Å². The minimum absolute atomic E-state index is 0.0435. The summed E-state index contributed by atoms with van der Waals surface area (Å²) in [5.41, 5.74) is 2.95. The lowest BCUT2D eigenvalue weighted by atomic mass is 10.2. The number of carbonyl (C=O) groups is 1. The number of aromatic nitrogens is 1. The number of amides is 1. The smallest absolute Gasteiger partial charge is 0.264 e. The number of sulfonamides is 1. The van der Waals surface area contributed by atoms with E-state index in [9.17, 15) is 13.2 Å². The zero-order chi connectivity index (χ0) is 24.0. The van der Waals surface area contributed by atoms with Crippen molar-refractivity contribution in [3.63, 3.8) is 0 Å². The van der Waals surface area contributed by atoms with Gasteiger partial charge in [0.25, 0.3) is 10.0 Å². The molecule has 2 N–H and O–H groups in total. The Morgan fingerprint density at radius 3 is 2.48 bits per heavy atom. The van der Waals surface area contributed by atoms with E-state index < -0.39 is 10.0 Å². The van der Waals surface area contributed by atoms with Crippen molar-refractivity contribution in [3.05, 3.63) is 63.8 Å². The molecule has 1 aromatic heterocycles. The molecular weight excluding hydrogens is 510 g/mol. The fraction of sp³-hybridized carbons (Fsp3) is 0.304.